The molecule has 0 saturated carbocycles. The van der Waals surface area contributed by atoms with Crippen molar-refractivity contribution in [3.8, 4) is 0 Å². The van der Waals surface area contributed by atoms with Gasteiger partial charge in [0.1, 0.15) is 11.2 Å². The van der Waals surface area contributed by atoms with E-state index in [0.29, 0.717) is 42.8 Å². The number of anilines is 2. The Labute approximate surface area is 369 Å². The van der Waals surface area contributed by atoms with Crippen LogP contribution in [0.3, 0.4) is 0 Å². The lowest BCUT2D eigenvalue weighted by atomic mass is 9.80. The number of benzene rings is 2. The van der Waals surface area contributed by atoms with Crippen molar-refractivity contribution in [2.45, 2.75) is 104 Å². The van der Waals surface area contributed by atoms with E-state index in [4.69, 9.17) is 29.0 Å². The zero-order valence-electron chi connectivity index (χ0n) is 36.1. The fraction of sp³-hybridized carbons (Fsp3) is 0.561. The average molecular weight is 893 g/mol. The minimum Gasteiger partial charge on any atom is -0.465 e. The monoisotopic (exact) mass is 892 g/mol. The molecule has 20 heteroatoms. The second-order valence-corrected chi connectivity index (χ2v) is 17.2. The zero-order chi connectivity index (χ0) is 46.2. The maximum Gasteiger partial charge on any atom is 0.488 e. The first-order valence-electron chi connectivity index (χ1n) is 19.9. The van der Waals surface area contributed by atoms with Crippen LogP contribution in [0.2, 0.25) is 0 Å². The van der Waals surface area contributed by atoms with Gasteiger partial charge in [0.2, 0.25) is 11.8 Å². The van der Waals surface area contributed by atoms with Crippen molar-refractivity contribution < 1.29 is 67.8 Å². The van der Waals surface area contributed by atoms with Crippen LogP contribution in [-0.4, -0.2) is 112 Å². The van der Waals surface area contributed by atoms with Crippen LogP contribution < -0.4 is 21.6 Å². The molecule has 2 aromatic carbocycles. The second-order valence-electron chi connectivity index (χ2n) is 16.0. The smallest absolute Gasteiger partial charge is 0.465 e. The van der Waals surface area contributed by atoms with Crippen molar-refractivity contribution in [2.75, 3.05) is 41.6 Å². The van der Waals surface area contributed by atoms with Crippen molar-refractivity contribution >= 4 is 96.6 Å². The van der Waals surface area contributed by atoms with E-state index >= 15 is 0 Å². The van der Waals surface area contributed by atoms with Gasteiger partial charge in [0, 0.05) is 35.7 Å². The van der Waals surface area contributed by atoms with Gasteiger partial charge in [0.25, 0.3) is 0 Å². The van der Waals surface area contributed by atoms with Crippen LogP contribution in [0.1, 0.15) is 92.9 Å². The van der Waals surface area contributed by atoms with Crippen LogP contribution in [0.5, 0.6) is 0 Å². The van der Waals surface area contributed by atoms with Crippen LogP contribution in [0.4, 0.5) is 11.4 Å². The first-order chi connectivity index (χ1) is 28.5. The molecule has 0 saturated heterocycles. The van der Waals surface area contributed by atoms with Gasteiger partial charge in [-0.25, -0.2) is 0 Å². The molecular formula is C41H62B2N2O14S2. The topological polar surface area (TPSA) is 244 Å². The molecule has 0 aliphatic carbocycles. The molecule has 2 aromatic rings. The minimum atomic E-state index is -1.60. The van der Waals surface area contributed by atoms with Gasteiger partial charge >= 0.3 is 38.1 Å². The second kappa shape index (κ2) is 28.5. The summed E-state index contributed by atoms with van der Waals surface area (Å²) in [5, 5.41) is 42.0. The molecule has 338 valence electrons. The van der Waals surface area contributed by atoms with Crippen molar-refractivity contribution in [2.24, 2.45) is 11.8 Å². The molecule has 2 unspecified atom stereocenters. The quantitative estimate of drug-likeness (QED) is 0.0279. The standard InChI is InChI=1S/C21H32BNO7S.C20H30BNO7S/c1-21(2,3)30-19(25)12-15(14-31-4)20(26)29-11-6-5-10-18(24)23-17-9-7-8-16(13-17)22(27)28;1-20(2,3)29-18(24)11-14(13-30)19(25)28-10-5-4-9-17(23)22-16-8-6-7-15(12-16)21(26)27/h7-9,13,15,27-28H,5-6,10-12,14H2,1-4H3,(H,23,24);6-8,12,14,26-27,30H,4-5,9-11,13H2,1-3H3,(H,22,23). The molecule has 0 aliphatic rings. The lowest BCUT2D eigenvalue weighted by Gasteiger charge is -2.21. The van der Waals surface area contributed by atoms with E-state index in [-0.39, 0.29) is 67.4 Å². The maximum atomic E-state index is 12.3. The third-order valence-electron chi connectivity index (χ3n) is 7.94. The summed E-state index contributed by atoms with van der Waals surface area (Å²) in [7, 11) is -3.20. The maximum absolute atomic E-state index is 12.3. The summed E-state index contributed by atoms with van der Waals surface area (Å²) >= 11 is 5.56. The highest BCUT2D eigenvalue weighted by Gasteiger charge is 2.27. The van der Waals surface area contributed by atoms with Gasteiger partial charge in [0.15, 0.2) is 0 Å². The lowest BCUT2D eigenvalue weighted by Crippen LogP contribution is -2.30. The molecule has 0 bridgehead atoms. The Hall–Kier alpha value is -4.07. The fourth-order valence-electron chi connectivity index (χ4n) is 5.16. The lowest BCUT2D eigenvalue weighted by molar-refractivity contribution is -0.161. The number of rotatable bonds is 23. The van der Waals surface area contributed by atoms with E-state index in [1.54, 1.807) is 71.9 Å². The Morgan fingerprint density at radius 3 is 1.41 bits per heavy atom. The molecule has 16 nitrogen and oxygen atoms in total. The van der Waals surface area contributed by atoms with E-state index in [2.05, 4.69) is 23.3 Å². The summed E-state index contributed by atoms with van der Waals surface area (Å²) in [5.41, 5.74) is 0.285. The number of thioether (sulfide) groups is 1. The highest BCUT2D eigenvalue weighted by Crippen LogP contribution is 2.18. The van der Waals surface area contributed by atoms with Gasteiger partial charge in [-0.15, -0.1) is 0 Å². The van der Waals surface area contributed by atoms with Crippen LogP contribution >= 0.6 is 24.4 Å². The fourth-order valence-corrected chi connectivity index (χ4v) is 6.09. The Bertz CT molecular complexity index is 1700. The van der Waals surface area contributed by atoms with E-state index < -0.39 is 61.2 Å². The number of hydrogen-bond donors (Lipinski definition) is 7. The number of unbranched alkanes of at least 4 members (excludes halogenated alkanes) is 2. The van der Waals surface area contributed by atoms with Crippen molar-refractivity contribution in [1.82, 2.24) is 0 Å². The number of amides is 2. The van der Waals surface area contributed by atoms with Crippen molar-refractivity contribution in [3.63, 3.8) is 0 Å². The summed E-state index contributed by atoms with van der Waals surface area (Å²) < 4.78 is 20.9. The van der Waals surface area contributed by atoms with Crippen LogP contribution in [0, 0.1) is 11.8 Å². The summed E-state index contributed by atoms with van der Waals surface area (Å²) in [6, 6.07) is 12.6. The summed E-state index contributed by atoms with van der Waals surface area (Å²) in [4.78, 5) is 72.2. The average Bonchev–Trinajstić information content (AvgIpc) is 3.15. The summed E-state index contributed by atoms with van der Waals surface area (Å²) in [6.45, 7) is 10.9. The van der Waals surface area contributed by atoms with Crippen LogP contribution in [0.25, 0.3) is 0 Å². The molecule has 0 aromatic heterocycles. The third kappa shape index (κ3) is 26.1. The van der Waals surface area contributed by atoms with E-state index in [1.807, 2.05) is 6.26 Å². The molecular weight excluding hydrogens is 830 g/mol. The van der Waals surface area contributed by atoms with Gasteiger partial charge in [-0.1, -0.05) is 24.3 Å². The Morgan fingerprint density at radius 2 is 1.05 bits per heavy atom. The van der Waals surface area contributed by atoms with Gasteiger partial charge in [-0.2, -0.15) is 24.4 Å². The number of ether oxygens (including phenoxy) is 4. The van der Waals surface area contributed by atoms with Gasteiger partial charge in [0.05, 0.1) is 37.9 Å². The van der Waals surface area contributed by atoms with E-state index in [1.165, 1.54) is 30.0 Å². The molecule has 2 rings (SSSR count). The Balaban J connectivity index is 0.000000610. The molecule has 0 fully saturated rings. The Kier molecular flexibility index (Phi) is 25.7. The molecule has 0 spiro atoms. The predicted molar refractivity (Wildman–Crippen MR) is 240 cm³/mol. The third-order valence-corrected chi connectivity index (χ3v) is 9.12. The molecule has 2 atom stereocenters. The summed E-state index contributed by atoms with van der Waals surface area (Å²) in [5.74, 6) is -2.94. The molecule has 0 heterocycles. The molecule has 6 N–H and O–H groups in total. The first kappa shape index (κ1) is 54.9. The van der Waals surface area contributed by atoms with E-state index in [0.717, 1.165) is 0 Å². The zero-order valence-corrected chi connectivity index (χ0v) is 37.9. The van der Waals surface area contributed by atoms with Crippen molar-refractivity contribution in [3.05, 3.63) is 48.5 Å². The SMILES string of the molecule is CC(C)(C)OC(=O)CC(CS)C(=O)OCCCCC(=O)Nc1cccc(B(O)O)c1.CSCC(CC(=O)OC(C)(C)C)C(=O)OCCCCC(=O)Nc1cccc(B(O)O)c1. The highest BCUT2D eigenvalue weighted by molar-refractivity contribution is 7.98. The number of carbonyl (C=O) groups excluding carboxylic acids is 6. The van der Waals surface area contributed by atoms with Gasteiger partial charge in [-0.05, 0) is 109 Å². The minimum absolute atomic E-state index is 0.0268. The first-order valence-corrected chi connectivity index (χ1v) is 21.9. The van der Waals surface area contributed by atoms with Crippen molar-refractivity contribution in [1.29, 1.82) is 0 Å². The molecule has 61 heavy (non-hydrogen) atoms. The predicted octanol–water partition coefficient (Wildman–Crippen LogP) is 3.03. The number of hydrogen-bond acceptors (Lipinski definition) is 16. The highest BCUT2D eigenvalue weighted by atomic mass is 32.2. The summed E-state index contributed by atoms with van der Waals surface area (Å²) in [6.07, 6.45) is 4.19. The van der Waals surface area contributed by atoms with Gasteiger partial charge < -0.3 is 49.7 Å². The molecule has 2 amide bonds. The number of thiol groups is 1. The Morgan fingerprint density at radius 1 is 0.656 bits per heavy atom. The number of esters is 4. The normalized spacial score (nSPS) is 12.1. The van der Waals surface area contributed by atoms with Gasteiger partial charge in [-0.3, -0.25) is 28.8 Å². The van der Waals surface area contributed by atoms with E-state index in [9.17, 15) is 38.8 Å². The molecule has 0 radical (unpaired) electrons. The largest absolute Gasteiger partial charge is 0.488 e. The van der Waals surface area contributed by atoms with Crippen LogP contribution in [0.15, 0.2) is 48.5 Å². The van der Waals surface area contributed by atoms with Crippen LogP contribution in [-0.2, 0) is 47.7 Å². The number of nitrogens with one attached hydrogen (secondary N) is 2. The number of carbonyl (C=O) groups is 6. The molecule has 0 aliphatic heterocycles.